The summed E-state index contributed by atoms with van der Waals surface area (Å²) in [7, 11) is 0. The Morgan fingerprint density at radius 3 is 3.05 bits per heavy atom. The summed E-state index contributed by atoms with van der Waals surface area (Å²) >= 11 is 0. The molecule has 3 heterocycles. The molecule has 8 nitrogen and oxygen atoms in total. The van der Waals surface area contributed by atoms with Crippen LogP contribution in [0, 0.1) is 10.1 Å². The van der Waals surface area contributed by atoms with Crippen LogP contribution in [-0.2, 0) is 6.54 Å². The van der Waals surface area contributed by atoms with Crippen molar-refractivity contribution in [3.63, 3.8) is 0 Å². The van der Waals surface area contributed by atoms with Crippen LogP contribution in [0.4, 0.5) is 5.95 Å². The Morgan fingerprint density at radius 2 is 2.30 bits per heavy atom. The third-order valence-electron chi connectivity index (χ3n) is 2.70. The Hall–Kier alpha value is -3.03. The second kappa shape index (κ2) is 4.92. The van der Waals surface area contributed by atoms with Gasteiger partial charge in [-0.25, -0.2) is 4.57 Å². The van der Waals surface area contributed by atoms with Crippen molar-refractivity contribution in [3.8, 4) is 11.3 Å². The summed E-state index contributed by atoms with van der Waals surface area (Å²) in [4.78, 5) is 17.9. The molecule has 8 heteroatoms. The van der Waals surface area contributed by atoms with Crippen LogP contribution in [0.15, 0.2) is 47.5 Å². The van der Waals surface area contributed by atoms with Crippen molar-refractivity contribution in [2.75, 3.05) is 0 Å². The van der Waals surface area contributed by atoms with Gasteiger partial charge < -0.3 is 14.6 Å². The highest BCUT2D eigenvalue weighted by atomic mass is 16.6. The Balaban J connectivity index is 1.84. The quantitative estimate of drug-likeness (QED) is 0.530. The Morgan fingerprint density at radius 1 is 1.40 bits per heavy atom. The van der Waals surface area contributed by atoms with Crippen molar-refractivity contribution in [2.24, 2.45) is 0 Å². The maximum absolute atomic E-state index is 10.8. The molecule has 0 N–H and O–H groups in total. The van der Waals surface area contributed by atoms with Crippen molar-refractivity contribution < 1.29 is 9.45 Å². The summed E-state index contributed by atoms with van der Waals surface area (Å²) in [6.07, 6.45) is 6.22. The van der Waals surface area contributed by atoms with E-state index in [-0.39, 0.29) is 12.5 Å². The summed E-state index contributed by atoms with van der Waals surface area (Å²) in [5.41, 5.74) is 1.46. The van der Waals surface area contributed by atoms with E-state index in [1.165, 1.54) is 17.0 Å². The fourth-order valence-corrected chi connectivity index (χ4v) is 1.80. The van der Waals surface area contributed by atoms with Crippen molar-refractivity contribution in [3.05, 3.63) is 58.9 Å². The number of nitro groups is 1. The number of imidazole rings is 1. The monoisotopic (exact) mass is 271 g/mol. The van der Waals surface area contributed by atoms with Crippen LogP contribution in [0.2, 0.25) is 0 Å². The van der Waals surface area contributed by atoms with E-state index in [9.17, 15) is 10.1 Å². The minimum Gasteiger partial charge on any atom is -0.390 e. The van der Waals surface area contributed by atoms with E-state index in [0.29, 0.717) is 11.5 Å². The van der Waals surface area contributed by atoms with Gasteiger partial charge in [0.05, 0.1) is 0 Å². The van der Waals surface area contributed by atoms with Gasteiger partial charge in [0.1, 0.15) is 24.6 Å². The van der Waals surface area contributed by atoms with E-state index < -0.39 is 4.92 Å². The zero-order valence-corrected chi connectivity index (χ0v) is 10.2. The minimum absolute atomic E-state index is 0.198. The summed E-state index contributed by atoms with van der Waals surface area (Å²) in [6.45, 7) is 0.198. The van der Waals surface area contributed by atoms with Gasteiger partial charge in [0.15, 0.2) is 5.76 Å². The van der Waals surface area contributed by atoms with Gasteiger partial charge in [-0.05, 0) is 17.1 Å². The number of aromatic nitrogens is 4. The van der Waals surface area contributed by atoms with E-state index in [2.05, 4.69) is 15.1 Å². The largest absolute Gasteiger partial charge is 0.434 e. The van der Waals surface area contributed by atoms with Gasteiger partial charge in [-0.2, -0.15) is 0 Å². The molecule has 0 amide bonds. The summed E-state index contributed by atoms with van der Waals surface area (Å²) < 4.78 is 6.56. The maximum Gasteiger partial charge on any atom is 0.434 e. The Kier molecular flexibility index (Phi) is 2.96. The molecule has 0 unspecified atom stereocenters. The smallest absolute Gasteiger partial charge is 0.390 e. The molecule has 100 valence electrons. The average molecular weight is 271 g/mol. The number of pyridine rings is 1. The maximum atomic E-state index is 10.8. The van der Waals surface area contributed by atoms with Crippen LogP contribution in [0.25, 0.3) is 11.3 Å². The van der Waals surface area contributed by atoms with E-state index in [0.717, 1.165) is 5.56 Å². The first-order valence-corrected chi connectivity index (χ1v) is 5.75. The van der Waals surface area contributed by atoms with Crippen LogP contribution in [-0.4, -0.2) is 24.6 Å². The zero-order chi connectivity index (χ0) is 13.9. The normalized spacial score (nSPS) is 10.6. The molecular formula is C12H9N5O3. The molecule has 0 aliphatic rings. The molecular weight excluding hydrogens is 262 g/mol. The molecule has 0 saturated heterocycles. The molecule has 0 aromatic carbocycles. The zero-order valence-electron chi connectivity index (χ0n) is 10.2. The van der Waals surface area contributed by atoms with Crippen LogP contribution < -0.4 is 0 Å². The molecule has 0 fully saturated rings. The molecule has 0 radical (unpaired) electrons. The molecule has 3 aromatic heterocycles. The topological polar surface area (TPSA) is 99.9 Å². The lowest BCUT2D eigenvalue weighted by Gasteiger charge is -1.97. The molecule has 0 spiro atoms. The lowest BCUT2D eigenvalue weighted by molar-refractivity contribution is -0.396. The van der Waals surface area contributed by atoms with E-state index in [1.807, 2.05) is 6.07 Å². The third-order valence-corrected chi connectivity index (χ3v) is 2.70. The Labute approximate surface area is 112 Å². The highest BCUT2D eigenvalue weighted by Crippen LogP contribution is 2.19. The fraction of sp³-hybridized carbons (Fsp3) is 0.0833. The van der Waals surface area contributed by atoms with Gasteiger partial charge in [-0.3, -0.25) is 4.98 Å². The highest BCUT2D eigenvalue weighted by molar-refractivity contribution is 5.57. The van der Waals surface area contributed by atoms with E-state index in [4.69, 9.17) is 4.52 Å². The minimum atomic E-state index is -0.543. The Bertz CT molecular complexity index is 734. The second-order valence-corrected chi connectivity index (χ2v) is 4.03. The first kappa shape index (κ1) is 12.0. The highest BCUT2D eigenvalue weighted by Gasteiger charge is 2.16. The third kappa shape index (κ3) is 2.26. The predicted molar refractivity (Wildman–Crippen MR) is 67.7 cm³/mol. The van der Waals surface area contributed by atoms with Crippen LogP contribution in [0.5, 0.6) is 0 Å². The first-order valence-electron chi connectivity index (χ1n) is 5.75. The van der Waals surface area contributed by atoms with Gasteiger partial charge in [0.25, 0.3) is 0 Å². The van der Waals surface area contributed by atoms with Gasteiger partial charge in [-0.15, -0.1) is 0 Å². The second-order valence-electron chi connectivity index (χ2n) is 4.03. The number of hydrogen-bond donors (Lipinski definition) is 0. The lowest BCUT2D eigenvalue weighted by atomic mass is 10.2. The standard InChI is InChI=1S/C12H9N5O3/c18-17(19)12-14-4-5-16(12)8-10-6-11(15-20-10)9-2-1-3-13-7-9/h1-7H,8H2. The van der Waals surface area contributed by atoms with E-state index >= 15 is 0 Å². The molecule has 0 bridgehead atoms. The van der Waals surface area contributed by atoms with Gasteiger partial charge in [0.2, 0.25) is 0 Å². The van der Waals surface area contributed by atoms with Crippen LogP contribution in [0.1, 0.15) is 5.76 Å². The van der Waals surface area contributed by atoms with E-state index in [1.54, 1.807) is 24.5 Å². The van der Waals surface area contributed by atoms with Crippen LogP contribution in [0.3, 0.4) is 0 Å². The summed E-state index contributed by atoms with van der Waals surface area (Å²) in [5, 5.41) is 14.7. The SMILES string of the molecule is O=[N+]([O-])c1nccn1Cc1cc(-c2cccnc2)no1. The number of rotatable bonds is 4. The molecule has 3 aromatic rings. The number of hydrogen-bond acceptors (Lipinski definition) is 6. The van der Waals surface area contributed by atoms with Gasteiger partial charge in [0, 0.05) is 24.0 Å². The first-order chi connectivity index (χ1) is 9.74. The average Bonchev–Trinajstić information content (AvgIpc) is 3.09. The summed E-state index contributed by atoms with van der Waals surface area (Å²) in [5.74, 6) is 0.272. The predicted octanol–water partition coefficient (Wildman–Crippen LogP) is 1.89. The molecule has 3 rings (SSSR count). The summed E-state index contributed by atoms with van der Waals surface area (Å²) in [6, 6.07) is 5.37. The number of nitrogens with zero attached hydrogens (tertiary/aromatic N) is 5. The van der Waals surface area contributed by atoms with Crippen molar-refractivity contribution >= 4 is 5.95 Å². The van der Waals surface area contributed by atoms with Gasteiger partial charge in [-0.1, -0.05) is 10.1 Å². The molecule has 0 aliphatic carbocycles. The molecule has 0 aliphatic heterocycles. The van der Waals surface area contributed by atoms with Gasteiger partial charge >= 0.3 is 5.95 Å². The van der Waals surface area contributed by atoms with Crippen molar-refractivity contribution in [2.45, 2.75) is 6.54 Å². The molecule has 0 atom stereocenters. The van der Waals surface area contributed by atoms with Crippen molar-refractivity contribution in [1.82, 2.24) is 19.7 Å². The molecule has 0 saturated carbocycles. The molecule has 20 heavy (non-hydrogen) atoms. The van der Waals surface area contributed by atoms with Crippen LogP contribution >= 0.6 is 0 Å². The fourth-order valence-electron chi connectivity index (χ4n) is 1.80. The van der Waals surface area contributed by atoms with Crippen molar-refractivity contribution in [1.29, 1.82) is 0 Å². The lowest BCUT2D eigenvalue weighted by Crippen LogP contribution is -2.03.